The van der Waals surface area contributed by atoms with Crippen molar-refractivity contribution in [3.63, 3.8) is 0 Å². The highest BCUT2D eigenvalue weighted by Gasteiger charge is 2.47. The van der Waals surface area contributed by atoms with Crippen LogP contribution in [0.15, 0.2) is 30.0 Å². The van der Waals surface area contributed by atoms with E-state index in [2.05, 4.69) is 13.0 Å². The van der Waals surface area contributed by atoms with Gasteiger partial charge in [-0.1, -0.05) is 64.7 Å². The number of ether oxygens (including phenoxy) is 2. The van der Waals surface area contributed by atoms with E-state index in [9.17, 15) is 15.2 Å². The second-order valence-electron chi connectivity index (χ2n) is 10.1. The van der Waals surface area contributed by atoms with Crippen molar-refractivity contribution in [1.29, 1.82) is 5.26 Å². The molecule has 0 bridgehead atoms. The van der Waals surface area contributed by atoms with Crippen LogP contribution < -0.4 is 4.74 Å². The minimum absolute atomic E-state index is 0.187. The minimum Gasteiger partial charge on any atom is -0.496 e. The number of nitriles is 1. The first kappa shape index (κ1) is 26.1. The van der Waals surface area contributed by atoms with Crippen LogP contribution in [0, 0.1) is 11.3 Å². The number of amides is 1. The summed E-state index contributed by atoms with van der Waals surface area (Å²) in [5.41, 5.74) is 0.256. The molecule has 186 valence electrons. The number of unbranched alkanes of at least 4 members (excludes halogenated alkanes) is 9. The molecular formula is C28H40N2O4. The fourth-order valence-electron chi connectivity index (χ4n) is 4.80. The first-order chi connectivity index (χ1) is 16.4. The van der Waals surface area contributed by atoms with Gasteiger partial charge in [0.05, 0.1) is 30.8 Å². The third-order valence-corrected chi connectivity index (χ3v) is 6.86. The zero-order valence-electron chi connectivity index (χ0n) is 21.0. The van der Waals surface area contributed by atoms with Crippen molar-refractivity contribution in [3.8, 4) is 11.8 Å². The van der Waals surface area contributed by atoms with E-state index in [4.69, 9.17) is 9.47 Å². The van der Waals surface area contributed by atoms with Crippen molar-refractivity contribution < 1.29 is 19.4 Å². The van der Waals surface area contributed by atoms with E-state index in [1.807, 2.05) is 13.8 Å². The first-order valence-electron chi connectivity index (χ1n) is 12.9. The Morgan fingerprint density at radius 1 is 1.12 bits per heavy atom. The number of hydrogen-bond acceptors (Lipinski definition) is 5. The van der Waals surface area contributed by atoms with Crippen molar-refractivity contribution in [3.05, 3.63) is 41.2 Å². The molecule has 6 nitrogen and oxygen atoms in total. The summed E-state index contributed by atoms with van der Waals surface area (Å²) in [6.45, 7) is 6.77. The molecule has 0 saturated heterocycles. The molecule has 2 aliphatic rings. The smallest absolute Gasteiger partial charge is 0.251 e. The molecule has 0 fully saturated rings. The summed E-state index contributed by atoms with van der Waals surface area (Å²) < 4.78 is 11.9. The maximum Gasteiger partial charge on any atom is 0.251 e. The van der Waals surface area contributed by atoms with Crippen LogP contribution in [0.25, 0.3) is 0 Å². The van der Waals surface area contributed by atoms with E-state index < -0.39 is 17.7 Å². The number of rotatable bonds is 13. The van der Waals surface area contributed by atoms with Crippen LogP contribution >= 0.6 is 0 Å². The van der Waals surface area contributed by atoms with E-state index >= 15 is 0 Å². The summed E-state index contributed by atoms with van der Waals surface area (Å²) in [7, 11) is 0. The molecule has 0 spiro atoms. The van der Waals surface area contributed by atoms with Crippen LogP contribution in [-0.2, 0) is 9.53 Å². The number of benzene rings is 1. The van der Waals surface area contributed by atoms with E-state index in [-0.39, 0.29) is 5.91 Å². The summed E-state index contributed by atoms with van der Waals surface area (Å²) in [5.74, 6) is 1.04. The van der Waals surface area contributed by atoms with Gasteiger partial charge in [-0.3, -0.25) is 4.79 Å². The third kappa shape index (κ3) is 6.54. The molecule has 1 aromatic rings. The van der Waals surface area contributed by atoms with Gasteiger partial charge in [0.15, 0.2) is 0 Å². The van der Waals surface area contributed by atoms with Crippen LogP contribution in [0.2, 0.25) is 0 Å². The van der Waals surface area contributed by atoms with Gasteiger partial charge < -0.3 is 19.5 Å². The Bertz CT molecular complexity index is 902. The highest BCUT2D eigenvalue weighted by molar-refractivity contribution is 5.91. The largest absolute Gasteiger partial charge is 0.496 e. The Labute approximate surface area is 204 Å². The number of fused-ring (bicyclic) bond motifs is 1. The molecule has 2 heterocycles. The minimum atomic E-state index is -0.937. The molecule has 6 heteroatoms. The van der Waals surface area contributed by atoms with Crippen LogP contribution in [0.5, 0.6) is 5.75 Å². The molecule has 3 rings (SSSR count). The molecule has 34 heavy (non-hydrogen) atoms. The van der Waals surface area contributed by atoms with Crippen LogP contribution in [-0.4, -0.2) is 40.8 Å². The van der Waals surface area contributed by atoms with Gasteiger partial charge in [-0.15, -0.1) is 0 Å². The predicted molar refractivity (Wildman–Crippen MR) is 132 cm³/mol. The molecule has 1 amide bonds. The monoisotopic (exact) mass is 468 g/mol. The topological polar surface area (TPSA) is 82.8 Å². The van der Waals surface area contributed by atoms with Gasteiger partial charge in [0, 0.05) is 11.6 Å². The second kappa shape index (κ2) is 12.3. The van der Waals surface area contributed by atoms with Gasteiger partial charge in [-0.05, 0) is 38.5 Å². The van der Waals surface area contributed by atoms with E-state index in [0.29, 0.717) is 35.8 Å². The van der Waals surface area contributed by atoms with Gasteiger partial charge >= 0.3 is 0 Å². The van der Waals surface area contributed by atoms with Crippen molar-refractivity contribution >= 4 is 5.91 Å². The number of aliphatic hydroxyl groups is 1. The first-order valence-corrected chi connectivity index (χ1v) is 12.9. The average molecular weight is 469 g/mol. The van der Waals surface area contributed by atoms with Crippen molar-refractivity contribution in [2.24, 2.45) is 0 Å². The van der Waals surface area contributed by atoms with Crippen LogP contribution in [0.4, 0.5) is 0 Å². The number of carbonyl (C=O) groups is 1. The number of aliphatic hydroxyl groups excluding tert-OH is 1. The normalized spacial score (nSPS) is 21.0. The molecule has 1 aromatic carbocycles. The summed E-state index contributed by atoms with van der Waals surface area (Å²) in [4.78, 5) is 14.5. The van der Waals surface area contributed by atoms with Gasteiger partial charge in [0.1, 0.15) is 23.2 Å². The molecule has 2 aliphatic heterocycles. The van der Waals surface area contributed by atoms with Gasteiger partial charge in [-0.2, -0.15) is 5.26 Å². The molecule has 0 aromatic heterocycles. The van der Waals surface area contributed by atoms with Gasteiger partial charge in [0.2, 0.25) is 0 Å². The Hall–Kier alpha value is -2.52. The lowest BCUT2D eigenvalue weighted by molar-refractivity contribution is -0.137. The molecule has 2 unspecified atom stereocenters. The van der Waals surface area contributed by atoms with Crippen molar-refractivity contribution in [1.82, 2.24) is 4.90 Å². The maximum atomic E-state index is 12.9. The SMILES string of the molecule is CCCCCCCCCCCCOC1=CC(=O)N(C2c3cc(C#N)ccc3OC(C)(C)C2O)C1. The number of hydrogen-bond donors (Lipinski definition) is 1. The van der Waals surface area contributed by atoms with Crippen LogP contribution in [0.1, 0.15) is 102 Å². The quantitative estimate of drug-likeness (QED) is 0.370. The highest BCUT2D eigenvalue weighted by atomic mass is 16.5. The Morgan fingerprint density at radius 3 is 2.41 bits per heavy atom. The Kier molecular flexibility index (Phi) is 9.41. The molecule has 2 atom stereocenters. The van der Waals surface area contributed by atoms with Crippen LogP contribution in [0.3, 0.4) is 0 Å². The summed E-state index contributed by atoms with van der Waals surface area (Å²) >= 11 is 0. The van der Waals surface area contributed by atoms with Crippen molar-refractivity contribution in [2.45, 2.75) is 103 Å². The number of carbonyl (C=O) groups excluding carboxylic acids is 1. The summed E-state index contributed by atoms with van der Waals surface area (Å²) in [5, 5.41) is 20.4. The summed E-state index contributed by atoms with van der Waals surface area (Å²) in [6.07, 6.45) is 13.2. The number of nitrogens with zero attached hydrogens (tertiary/aromatic N) is 2. The van der Waals surface area contributed by atoms with Crippen molar-refractivity contribution in [2.75, 3.05) is 13.2 Å². The fourth-order valence-corrected chi connectivity index (χ4v) is 4.80. The Balaban J connectivity index is 1.48. The zero-order valence-corrected chi connectivity index (χ0v) is 21.0. The lowest BCUT2D eigenvalue weighted by Gasteiger charge is -2.45. The second-order valence-corrected chi connectivity index (χ2v) is 10.1. The third-order valence-electron chi connectivity index (χ3n) is 6.86. The predicted octanol–water partition coefficient (Wildman–Crippen LogP) is 5.79. The van der Waals surface area contributed by atoms with Gasteiger partial charge in [-0.25, -0.2) is 0 Å². The molecule has 0 radical (unpaired) electrons. The fraction of sp³-hybridized carbons (Fsp3) is 0.643. The van der Waals surface area contributed by atoms with Gasteiger partial charge in [0.25, 0.3) is 5.91 Å². The molecule has 0 aliphatic carbocycles. The highest BCUT2D eigenvalue weighted by Crippen LogP contribution is 2.44. The Morgan fingerprint density at radius 2 is 1.76 bits per heavy atom. The maximum absolute atomic E-state index is 12.9. The zero-order chi connectivity index (χ0) is 24.6. The molecular weight excluding hydrogens is 428 g/mol. The van der Waals surface area contributed by atoms with E-state index in [1.54, 1.807) is 23.1 Å². The lowest BCUT2D eigenvalue weighted by Crippen LogP contribution is -2.54. The molecule has 1 N–H and O–H groups in total. The average Bonchev–Trinajstić information content (AvgIpc) is 3.17. The summed E-state index contributed by atoms with van der Waals surface area (Å²) in [6, 6.07) is 6.66. The lowest BCUT2D eigenvalue weighted by atomic mass is 9.85. The van der Waals surface area contributed by atoms with E-state index in [1.165, 1.54) is 57.4 Å². The standard InChI is InChI=1S/C28H40N2O4/c1-4-5-6-7-8-9-10-11-12-13-16-33-22-18-25(31)30(20-22)26-23-17-21(19-29)14-15-24(23)34-28(2,3)27(26)32/h14-15,17-18,26-27,32H,4-13,16,20H2,1-3H3. The molecule has 0 saturated carbocycles. The van der Waals surface area contributed by atoms with E-state index in [0.717, 1.165) is 12.8 Å².